The molecule has 0 radical (unpaired) electrons. The maximum Gasteiger partial charge on any atom is 0.472 e. The van der Waals surface area contributed by atoms with Gasteiger partial charge in [0.05, 0.1) is 13.2 Å². The number of unbranched alkanes of at least 4 members (excludes halogenated alkanes) is 12. The minimum atomic E-state index is -4.77. The number of carbonyl (C=O) groups is 3. The van der Waals surface area contributed by atoms with Gasteiger partial charge in [0.25, 0.3) is 0 Å². The lowest BCUT2D eigenvalue weighted by molar-refractivity contribution is -0.147. The molecule has 53 heavy (non-hydrogen) atoms. The van der Waals surface area contributed by atoms with Gasteiger partial charge in [0.1, 0.15) is 12.7 Å². The molecule has 0 aliphatic rings. The average molecular weight is 768 g/mol. The Morgan fingerprint density at radius 2 is 1.06 bits per heavy atom. The summed E-state index contributed by atoms with van der Waals surface area (Å²) in [6.45, 7) is 2.46. The summed E-state index contributed by atoms with van der Waals surface area (Å²) in [6, 6.07) is -1.58. The minimum Gasteiger partial charge on any atom is -0.480 e. The van der Waals surface area contributed by atoms with Gasteiger partial charge < -0.3 is 25.2 Å². The molecular formula is C41H70NO10P. The van der Waals surface area contributed by atoms with E-state index in [1.54, 1.807) is 0 Å². The van der Waals surface area contributed by atoms with Crippen molar-refractivity contribution in [1.82, 2.24) is 5.32 Å². The fourth-order valence-electron chi connectivity index (χ4n) is 4.89. The van der Waals surface area contributed by atoms with Gasteiger partial charge in [-0.3, -0.25) is 18.6 Å². The number of hydrogen-bond donors (Lipinski definition) is 4. The third-order valence-electron chi connectivity index (χ3n) is 8.03. The highest BCUT2D eigenvalue weighted by atomic mass is 31.2. The third kappa shape index (κ3) is 36.0. The number of carboxylic acids is 1. The number of rotatable bonds is 36. The summed E-state index contributed by atoms with van der Waals surface area (Å²) in [7, 11) is -4.77. The first-order chi connectivity index (χ1) is 25.6. The van der Waals surface area contributed by atoms with Crippen LogP contribution in [0.5, 0.6) is 0 Å². The number of aliphatic carboxylic acids is 1. The van der Waals surface area contributed by atoms with Crippen LogP contribution < -0.4 is 5.32 Å². The molecule has 0 aromatic heterocycles. The number of nitrogens with one attached hydrogen (secondary N) is 1. The molecule has 0 aromatic rings. The number of ether oxygens (including phenoxy) is 1. The Kier molecular flexibility index (Phi) is 34.2. The van der Waals surface area contributed by atoms with Crippen LogP contribution in [0, 0.1) is 0 Å². The maximum absolute atomic E-state index is 12.3. The predicted octanol–water partition coefficient (Wildman–Crippen LogP) is 9.61. The highest BCUT2D eigenvalue weighted by Crippen LogP contribution is 2.43. The zero-order valence-corrected chi connectivity index (χ0v) is 33.4. The van der Waals surface area contributed by atoms with Crippen LogP contribution in [0.2, 0.25) is 0 Å². The molecule has 0 aromatic carbocycles. The summed E-state index contributed by atoms with van der Waals surface area (Å²) >= 11 is 0. The molecule has 0 aliphatic heterocycles. The van der Waals surface area contributed by atoms with Crippen molar-refractivity contribution in [3.8, 4) is 0 Å². The van der Waals surface area contributed by atoms with Crippen molar-refractivity contribution in [2.24, 2.45) is 0 Å². The molecule has 0 aliphatic carbocycles. The largest absolute Gasteiger partial charge is 0.480 e. The normalized spacial score (nSPS) is 14.5. The van der Waals surface area contributed by atoms with Crippen molar-refractivity contribution in [2.75, 3.05) is 19.8 Å². The molecule has 11 nitrogen and oxygen atoms in total. The first-order valence-electron chi connectivity index (χ1n) is 19.8. The Labute approximate surface area is 319 Å². The van der Waals surface area contributed by atoms with Crippen LogP contribution in [-0.2, 0) is 32.7 Å². The Morgan fingerprint density at radius 1 is 0.604 bits per heavy atom. The highest BCUT2D eigenvalue weighted by molar-refractivity contribution is 7.47. The second-order valence-corrected chi connectivity index (χ2v) is 14.6. The van der Waals surface area contributed by atoms with Crippen LogP contribution in [0.3, 0.4) is 0 Å². The number of aliphatic hydroxyl groups excluding tert-OH is 1. The molecule has 0 spiro atoms. The van der Waals surface area contributed by atoms with Crippen LogP contribution >= 0.6 is 7.82 Å². The quantitative estimate of drug-likeness (QED) is 0.0208. The molecule has 12 heteroatoms. The van der Waals surface area contributed by atoms with Gasteiger partial charge in [-0.1, -0.05) is 120 Å². The number of hydrogen-bond acceptors (Lipinski definition) is 8. The summed E-state index contributed by atoms with van der Waals surface area (Å²) in [5.41, 5.74) is 0. The number of phosphoric ester groups is 1. The molecule has 0 bridgehead atoms. The van der Waals surface area contributed by atoms with Crippen molar-refractivity contribution in [1.29, 1.82) is 0 Å². The van der Waals surface area contributed by atoms with E-state index < -0.39 is 57.6 Å². The summed E-state index contributed by atoms with van der Waals surface area (Å²) < 4.78 is 26.7. The SMILES string of the molecule is CCCCC/C=C\C/C=C\C/C=C\C/C=C\CCCC(=O)NC(COP(=O)(O)OCC(O)COC(=O)CCCCCCC/C=C\CCCCC)C(=O)O. The number of esters is 1. The number of phosphoric acid groups is 1. The number of carboxylic acid groups (broad SMARTS) is 1. The van der Waals surface area contributed by atoms with Crippen molar-refractivity contribution < 1.29 is 47.8 Å². The number of allylic oxidation sites excluding steroid dienone is 10. The molecule has 0 saturated carbocycles. The zero-order chi connectivity index (χ0) is 39.3. The van der Waals surface area contributed by atoms with Crippen LogP contribution in [0.1, 0.15) is 149 Å². The van der Waals surface area contributed by atoms with E-state index in [1.165, 1.54) is 38.5 Å². The van der Waals surface area contributed by atoms with E-state index >= 15 is 0 Å². The Hall–Kier alpha value is -2.82. The molecule has 4 N–H and O–H groups in total. The van der Waals surface area contributed by atoms with Gasteiger partial charge in [0, 0.05) is 12.8 Å². The Balaban J connectivity index is 4.07. The lowest BCUT2D eigenvalue weighted by Crippen LogP contribution is -2.43. The standard InChI is InChI=1S/C41H70NO10P/c1-3-5-7-9-11-13-15-17-18-19-20-21-22-24-26-28-30-32-39(44)42-38(41(46)47)36-52-53(48,49)51-35-37(43)34-50-40(45)33-31-29-27-25-23-16-14-12-10-8-6-4-2/h11-14,17-18,20-21,24,26,37-38,43H,3-10,15-16,19,22-23,25,27-36H2,1-2H3,(H,42,44)(H,46,47)(H,48,49)/b13-11-,14-12-,18-17-,21-20-,26-24-. The van der Waals surface area contributed by atoms with Crippen LogP contribution in [0.15, 0.2) is 60.8 Å². The summed E-state index contributed by atoms with van der Waals surface area (Å²) in [5.74, 6) is -2.47. The molecule has 3 unspecified atom stereocenters. The maximum atomic E-state index is 12.3. The van der Waals surface area contributed by atoms with Gasteiger partial charge in [-0.05, 0) is 77.0 Å². The molecule has 0 fully saturated rings. The number of carbonyl (C=O) groups excluding carboxylic acids is 2. The van der Waals surface area contributed by atoms with Crippen LogP contribution in [0.4, 0.5) is 0 Å². The van der Waals surface area contributed by atoms with Gasteiger partial charge >= 0.3 is 19.8 Å². The lowest BCUT2D eigenvalue weighted by atomic mass is 10.1. The number of amides is 1. The third-order valence-corrected chi connectivity index (χ3v) is 8.98. The van der Waals surface area contributed by atoms with Crippen molar-refractivity contribution >= 4 is 25.7 Å². The van der Waals surface area contributed by atoms with E-state index in [-0.39, 0.29) is 12.8 Å². The first kappa shape index (κ1) is 50.2. The average Bonchev–Trinajstić information content (AvgIpc) is 3.13. The van der Waals surface area contributed by atoms with Crippen molar-refractivity contribution in [3.05, 3.63) is 60.8 Å². The van der Waals surface area contributed by atoms with Gasteiger partial charge in [-0.15, -0.1) is 0 Å². The van der Waals surface area contributed by atoms with Crippen LogP contribution in [-0.4, -0.2) is 64.9 Å². The minimum absolute atomic E-state index is 0.0666. The molecular weight excluding hydrogens is 697 g/mol. The van der Waals surface area contributed by atoms with E-state index in [0.29, 0.717) is 19.3 Å². The molecule has 0 rings (SSSR count). The monoisotopic (exact) mass is 767 g/mol. The van der Waals surface area contributed by atoms with Gasteiger partial charge in [-0.25, -0.2) is 9.36 Å². The fraction of sp³-hybridized carbons (Fsp3) is 0.683. The van der Waals surface area contributed by atoms with E-state index in [1.807, 2.05) is 12.2 Å². The summed E-state index contributed by atoms with van der Waals surface area (Å²) in [6.07, 6.45) is 39.7. The molecule has 0 saturated heterocycles. The van der Waals surface area contributed by atoms with Gasteiger partial charge in [-0.2, -0.15) is 0 Å². The molecule has 1 amide bonds. The van der Waals surface area contributed by atoms with E-state index in [2.05, 4.69) is 67.8 Å². The van der Waals surface area contributed by atoms with Gasteiger partial charge in [0.15, 0.2) is 6.04 Å². The summed E-state index contributed by atoms with van der Waals surface area (Å²) in [5, 5.41) is 21.7. The Bertz CT molecular complexity index is 1130. The van der Waals surface area contributed by atoms with Gasteiger partial charge in [0.2, 0.25) is 5.91 Å². The van der Waals surface area contributed by atoms with Crippen molar-refractivity contribution in [3.63, 3.8) is 0 Å². The molecule has 3 atom stereocenters. The van der Waals surface area contributed by atoms with Crippen LogP contribution in [0.25, 0.3) is 0 Å². The van der Waals surface area contributed by atoms with E-state index in [4.69, 9.17) is 13.8 Å². The smallest absolute Gasteiger partial charge is 0.472 e. The topological polar surface area (TPSA) is 169 Å². The highest BCUT2D eigenvalue weighted by Gasteiger charge is 2.28. The fourth-order valence-corrected chi connectivity index (χ4v) is 5.66. The van der Waals surface area contributed by atoms with E-state index in [9.17, 15) is 34.1 Å². The van der Waals surface area contributed by atoms with E-state index in [0.717, 1.165) is 64.2 Å². The molecule has 304 valence electrons. The van der Waals surface area contributed by atoms with Crippen molar-refractivity contribution in [2.45, 2.75) is 161 Å². The second kappa shape index (κ2) is 36.2. The second-order valence-electron chi connectivity index (χ2n) is 13.1. The summed E-state index contributed by atoms with van der Waals surface area (Å²) in [4.78, 5) is 45.7. The lowest BCUT2D eigenvalue weighted by Gasteiger charge is -2.18. The molecule has 0 heterocycles. The zero-order valence-electron chi connectivity index (χ0n) is 32.5. The first-order valence-corrected chi connectivity index (χ1v) is 21.3. The predicted molar refractivity (Wildman–Crippen MR) is 212 cm³/mol. The number of aliphatic hydroxyl groups is 1. The Morgan fingerprint density at radius 3 is 1.60 bits per heavy atom.